The second kappa shape index (κ2) is 78.0. The van der Waals surface area contributed by atoms with Crippen LogP contribution in [0.5, 0.6) is 0 Å². The van der Waals surface area contributed by atoms with Crippen LogP contribution in [-0.4, -0.2) is 0 Å². The van der Waals surface area contributed by atoms with E-state index in [0.717, 1.165) is 0 Å². The van der Waals surface area contributed by atoms with Crippen molar-refractivity contribution in [1.82, 2.24) is 0 Å². The molecule has 0 rings (SSSR count). The van der Waals surface area contributed by atoms with E-state index in [4.69, 9.17) is 0 Å². The fourth-order valence-electron chi connectivity index (χ4n) is 0. The summed E-state index contributed by atoms with van der Waals surface area (Å²) < 4.78 is 0. The Balaban J connectivity index is 0. The van der Waals surface area contributed by atoms with E-state index >= 15 is 0 Å². The summed E-state index contributed by atoms with van der Waals surface area (Å²) >= 11 is 0. The molecule has 0 aromatic rings. The molecule has 7 heteroatoms. The van der Waals surface area contributed by atoms with Crippen molar-refractivity contribution in [1.29, 1.82) is 0 Å². The van der Waals surface area contributed by atoms with Crippen LogP contribution in [0.2, 0.25) is 0 Å². The van der Waals surface area contributed by atoms with Crippen molar-refractivity contribution in [2.45, 2.75) is 0 Å². The van der Waals surface area contributed by atoms with Crippen LogP contribution in [0, 0.1) is 0 Å². The SMILES string of the molecule is [Cl-].[Cl-].[Cl-].[Cl-].[Cl-].[Cl-].[Ti]. The van der Waals surface area contributed by atoms with Crippen molar-refractivity contribution in [3.63, 3.8) is 0 Å². The topological polar surface area (TPSA) is 0 Å². The molecule has 0 fully saturated rings. The smallest absolute Gasteiger partial charge is 0 e. The zero-order chi connectivity index (χ0) is 0. The van der Waals surface area contributed by atoms with Crippen molar-refractivity contribution >= 4 is 0 Å². The van der Waals surface area contributed by atoms with Crippen LogP contribution in [0.25, 0.3) is 0 Å². The van der Waals surface area contributed by atoms with Crippen molar-refractivity contribution in [2.24, 2.45) is 0 Å². The number of hydrogen-bond acceptors (Lipinski definition) is 0. The predicted molar refractivity (Wildman–Crippen MR) is 0 cm³/mol. The van der Waals surface area contributed by atoms with Crippen LogP contribution in [0.4, 0.5) is 0 Å². The van der Waals surface area contributed by atoms with Gasteiger partial charge in [0, 0.05) is 21.7 Å². The van der Waals surface area contributed by atoms with E-state index < -0.39 is 0 Å². The number of halogens is 6. The molecule has 0 aromatic carbocycles. The molecule has 7 heavy (non-hydrogen) atoms. The zero-order valence-electron chi connectivity index (χ0n) is 2.77. The van der Waals surface area contributed by atoms with Gasteiger partial charge in [0.2, 0.25) is 0 Å². The van der Waals surface area contributed by atoms with E-state index in [9.17, 15) is 0 Å². The Hall–Kier alpha value is 2.45. The second-order valence-corrected chi connectivity index (χ2v) is 0. The minimum atomic E-state index is 0. The summed E-state index contributed by atoms with van der Waals surface area (Å²) in [5.41, 5.74) is 0. The fraction of sp³-hybridized carbons (Fsp3) is 0. The quantitative estimate of drug-likeness (QED) is 0.380. The molecule has 0 spiro atoms. The van der Waals surface area contributed by atoms with Crippen molar-refractivity contribution in [3.05, 3.63) is 0 Å². The average molecular weight is 261 g/mol. The maximum absolute atomic E-state index is 0. The minimum Gasteiger partial charge on any atom is -1.00 e. The van der Waals surface area contributed by atoms with Crippen LogP contribution < -0.4 is 74.4 Å². The summed E-state index contributed by atoms with van der Waals surface area (Å²) in [5, 5.41) is 0. The Morgan fingerprint density at radius 1 is 0.286 bits per heavy atom. The van der Waals surface area contributed by atoms with Crippen molar-refractivity contribution in [2.75, 3.05) is 0 Å². The predicted octanol–water partition coefficient (Wildman–Crippen LogP) is -18.0. The molecular formula is Cl6Ti-6. The number of hydrogen-bond donors (Lipinski definition) is 0. The van der Waals surface area contributed by atoms with E-state index in [1.807, 2.05) is 0 Å². The molecule has 0 nitrogen and oxygen atoms in total. The van der Waals surface area contributed by atoms with Gasteiger partial charge in [-0.2, -0.15) is 0 Å². The first kappa shape index (κ1) is 112. The Kier molecular flexibility index (Phi) is 1250. The van der Waals surface area contributed by atoms with Gasteiger partial charge in [-0.1, -0.05) is 0 Å². The molecular weight excluding hydrogens is 261 g/mol. The van der Waals surface area contributed by atoms with E-state index in [2.05, 4.69) is 0 Å². The third-order valence-electron chi connectivity index (χ3n) is 0. The maximum Gasteiger partial charge on any atom is 0 e. The maximum atomic E-state index is 0. The molecule has 0 N–H and O–H groups in total. The van der Waals surface area contributed by atoms with E-state index in [0.29, 0.717) is 0 Å². The van der Waals surface area contributed by atoms with Gasteiger partial charge < -0.3 is 74.4 Å². The largest absolute Gasteiger partial charge is 1.00 e. The normalized spacial score (nSPS) is 0. The first-order valence-electron chi connectivity index (χ1n) is 0. The summed E-state index contributed by atoms with van der Waals surface area (Å²) in [7, 11) is 0. The van der Waals surface area contributed by atoms with Gasteiger partial charge in [-0.25, -0.2) is 0 Å². The monoisotopic (exact) mass is 258 g/mol. The van der Waals surface area contributed by atoms with Crippen molar-refractivity contribution < 1.29 is 96.2 Å². The molecule has 0 amide bonds. The van der Waals surface area contributed by atoms with Gasteiger partial charge in [0.05, 0.1) is 0 Å². The van der Waals surface area contributed by atoms with Gasteiger partial charge >= 0.3 is 0 Å². The molecule has 0 radical (unpaired) electrons. The van der Waals surface area contributed by atoms with Crippen LogP contribution in [0.15, 0.2) is 0 Å². The van der Waals surface area contributed by atoms with E-state index in [1.165, 1.54) is 0 Å². The number of rotatable bonds is 0. The van der Waals surface area contributed by atoms with E-state index in [1.54, 1.807) is 0 Å². The first-order valence-corrected chi connectivity index (χ1v) is 0. The van der Waals surface area contributed by atoms with Gasteiger partial charge in [0.15, 0.2) is 0 Å². The van der Waals surface area contributed by atoms with Gasteiger partial charge in [-0.3, -0.25) is 0 Å². The summed E-state index contributed by atoms with van der Waals surface area (Å²) in [6, 6.07) is 0. The molecule has 0 saturated carbocycles. The molecule has 0 saturated heterocycles. The summed E-state index contributed by atoms with van der Waals surface area (Å²) in [6.45, 7) is 0. The Morgan fingerprint density at radius 3 is 0.286 bits per heavy atom. The fourth-order valence-corrected chi connectivity index (χ4v) is 0. The molecule has 0 atom stereocenters. The third-order valence-corrected chi connectivity index (χ3v) is 0. The molecule has 0 aromatic heterocycles. The summed E-state index contributed by atoms with van der Waals surface area (Å²) in [4.78, 5) is 0. The zero-order valence-corrected chi connectivity index (χ0v) is 8.86. The molecule has 0 aliphatic heterocycles. The molecule has 0 unspecified atom stereocenters. The first-order chi connectivity index (χ1) is 0. The van der Waals surface area contributed by atoms with Gasteiger partial charge in [0.1, 0.15) is 0 Å². The Morgan fingerprint density at radius 2 is 0.286 bits per heavy atom. The Labute approximate surface area is 95.3 Å². The van der Waals surface area contributed by atoms with E-state index in [-0.39, 0.29) is 96.2 Å². The molecule has 52 valence electrons. The van der Waals surface area contributed by atoms with Crippen molar-refractivity contribution in [3.8, 4) is 0 Å². The molecule has 0 aliphatic carbocycles. The van der Waals surface area contributed by atoms with Crippen LogP contribution in [-0.2, 0) is 21.7 Å². The van der Waals surface area contributed by atoms with Crippen LogP contribution >= 0.6 is 0 Å². The third kappa shape index (κ3) is 58.5. The van der Waals surface area contributed by atoms with Crippen LogP contribution in [0.1, 0.15) is 0 Å². The summed E-state index contributed by atoms with van der Waals surface area (Å²) in [5.74, 6) is 0. The molecule has 0 aliphatic rings. The Bertz CT molecular complexity index is 4.14. The summed E-state index contributed by atoms with van der Waals surface area (Å²) in [6.07, 6.45) is 0. The molecule has 0 heterocycles. The van der Waals surface area contributed by atoms with Crippen LogP contribution in [0.3, 0.4) is 0 Å². The molecule has 0 bridgehead atoms. The van der Waals surface area contributed by atoms with Gasteiger partial charge in [0.25, 0.3) is 0 Å². The standard InChI is InChI=1S/6ClH.Ti/h6*1H;/p-6. The van der Waals surface area contributed by atoms with Gasteiger partial charge in [-0.05, 0) is 0 Å². The second-order valence-electron chi connectivity index (χ2n) is 0. The van der Waals surface area contributed by atoms with Gasteiger partial charge in [-0.15, -0.1) is 0 Å². The average Bonchev–Trinajstić information content (AvgIpc) is 0. The minimum absolute atomic E-state index is 0.